The molecular formula is C15H14ClF2NO. The molecular weight excluding hydrogens is 284 g/mol. The van der Waals surface area contributed by atoms with Gasteiger partial charge >= 0.3 is 0 Å². The van der Waals surface area contributed by atoms with Gasteiger partial charge in [-0.1, -0.05) is 23.7 Å². The van der Waals surface area contributed by atoms with Gasteiger partial charge in [-0.25, -0.2) is 8.78 Å². The average Bonchev–Trinajstić information content (AvgIpc) is 2.37. The maximum absolute atomic E-state index is 13.7. The van der Waals surface area contributed by atoms with Crippen molar-refractivity contribution in [3.8, 4) is 5.75 Å². The van der Waals surface area contributed by atoms with E-state index >= 15 is 0 Å². The molecule has 0 radical (unpaired) electrons. The van der Waals surface area contributed by atoms with Crippen LogP contribution in [0.2, 0.25) is 5.02 Å². The van der Waals surface area contributed by atoms with Gasteiger partial charge in [0.05, 0.1) is 0 Å². The van der Waals surface area contributed by atoms with E-state index in [1.807, 2.05) is 0 Å². The summed E-state index contributed by atoms with van der Waals surface area (Å²) in [6.45, 7) is 1.70. The quantitative estimate of drug-likeness (QED) is 0.917. The van der Waals surface area contributed by atoms with E-state index in [9.17, 15) is 8.78 Å². The molecule has 5 heteroatoms. The summed E-state index contributed by atoms with van der Waals surface area (Å²) in [6.07, 6.45) is 0. The second kappa shape index (κ2) is 6.20. The molecule has 2 aromatic carbocycles. The molecule has 2 aromatic rings. The highest BCUT2D eigenvalue weighted by Gasteiger charge is 2.09. The molecule has 0 fully saturated rings. The van der Waals surface area contributed by atoms with Crippen LogP contribution in [0.3, 0.4) is 0 Å². The molecule has 0 saturated heterocycles. The van der Waals surface area contributed by atoms with Crippen LogP contribution in [-0.2, 0) is 6.61 Å². The molecule has 106 valence electrons. The summed E-state index contributed by atoms with van der Waals surface area (Å²) in [6, 6.07) is 8.33. The summed E-state index contributed by atoms with van der Waals surface area (Å²) >= 11 is 5.66. The van der Waals surface area contributed by atoms with Crippen LogP contribution in [0.25, 0.3) is 0 Å². The maximum Gasteiger partial charge on any atom is 0.131 e. The predicted molar refractivity (Wildman–Crippen MR) is 74.7 cm³/mol. The number of hydrogen-bond donors (Lipinski definition) is 1. The van der Waals surface area contributed by atoms with E-state index in [1.54, 1.807) is 25.1 Å². The average molecular weight is 298 g/mol. The zero-order chi connectivity index (χ0) is 14.7. The van der Waals surface area contributed by atoms with E-state index in [2.05, 4.69) is 0 Å². The number of benzene rings is 2. The van der Waals surface area contributed by atoms with Gasteiger partial charge in [0.1, 0.15) is 24.0 Å². The van der Waals surface area contributed by atoms with E-state index < -0.39 is 17.7 Å². The highest BCUT2D eigenvalue weighted by atomic mass is 35.5. The Morgan fingerprint density at radius 1 is 1.15 bits per heavy atom. The predicted octanol–water partition coefficient (Wildman–Crippen LogP) is 4.22. The first-order chi connectivity index (χ1) is 9.47. The summed E-state index contributed by atoms with van der Waals surface area (Å²) < 4.78 is 32.6. The number of rotatable bonds is 4. The lowest BCUT2D eigenvalue weighted by Gasteiger charge is -2.11. The van der Waals surface area contributed by atoms with Gasteiger partial charge in [0.25, 0.3) is 0 Å². The molecule has 0 saturated carbocycles. The third-order valence-electron chi connectivity index (χ3n) is 2.87. The minimum absolute atomic E-state index is 0.0000323. The van der Waals surface area contributed by atoms with Crippen molar-refractivity contribution in [2.24, 2.45) is 5.73 Å². The Balaban J connectivity index is 2.09. The molecule has 1 atom stereocenters. The van der Waals surface area contributed by atoms with E-state index in [0.717, 1.165) is 0 Å². The molecule has 0 amide bonds. The molecule has 20 heavy (non-hydrogen) atoms. The smallest absolute Gasteiger partial charge is 0.131 e. The van der Waals surface area contributed by atoms with Gasteiger partial charge in [0.15, 0.2) is 0 Å². The molecule has 0 aromatic heterocycles. The van der Waals surface area contributed by atoms with Crippen molar-refractivity contribution < 1.29 is 13.5 Å². The van der Waals surface area contributed by atoms with Crippen molar-refractivity contribution in [2.45, 2.75) is 19.6 Å². The van der Waals surface area contributed by atoms with Crippen LogP contribution in [0.1, 0.15) is 24.1 Å². The Kier molecular flexibility index (Phi) is 4.57. The molecule has 2 N–H and O–H groups in total. The standard InChI is InChI=1S/C15H14ClF2NO/c1-9(19)13-5-4-12(7-15(13)18)20-8-10-2-3-11(16)6-14(10)17/h2-7,9H,8,19H2,1H3/t9-/m0/s1. The fourth-order valence-electron chi connectivity index (χ4n) is 1.77. The highest BCUT2D eigenvalue weighted by Crippen LogP contribution is 2.22. The molecule has 0 aliphatic carbocycles. The number of hydrogen-bond acceptors (Lipinski definition) is 2. The minimum Gasteiger partial charge on any atom is -0.489 e. The summed E-state index contributed by atoms with van der Waals surface area (Å²) in [7, 11) is 0. The topological polar surface area (TPSA) is 35.2 Å². The Bertz CT molecular complexity index is 617. The third-order valence-corrected chi connectivity index (χ3v) is 3.11. The second-order valence-corrected chi connectivity index (χ2v) is 4.93. The van der Waals surface area contributed by atoms with Crippen LogP contribution < -0.4 is 10.5 Å². The number of nitrogens with two attached hydrogens (primary N) is 1. The van der Waals surface area contributed by atoms with E-state index in [1.165, 1.54) is 18.2 Å². The van der Waals surface area contributed by atoms with E-state index in [-0.39, 0.29) is 6.61 Å². The van der Waals surface area contributed by atoms with Crippen LogP contribution in [0.15, 0.2) is 36.4 Å². The van der Waals surface area contributed by atoms with Gasteiger partial charge in [0, 0.05) is 28.3 Å². The summed E-state index contributed by atoms with van der Waals surface area (Å²) in [5.74, 6) is -0.569. The molecule has 0 heterocycles. The molecule has 0 aliphatic rings. The lowest BCUT2D eigenvalue weighted by molar-refractivity contribution is 0.298. The van der Waals surface area contributed by atoms with Crippen molar-refractivity contribution in [3.63, 3.8) is 0 Å². The van der Waals surface area contributed by atoms with Gasteiger partial charge in [-0.2, -0.15) is 0 Å². The van der Waals surface area contributed by atoms with Crippen molar-refractivity contribution >= 4 is 11.6 Å². The van der Waals surface area contributed by atoms with Gasteiger partial charge in [0.2, 0.25) is 0 Å². The molecule has 2 nitrogen and oxygen atoms in total. The largest absolute Gasteiger partial charge is 0.489 e. The van der Waals surface area contributed by atoms with Crippen LogP contribution in [0.4, 0.5) is 8.78 Å². The summed E-state index contributed by atoms with van der Waals surface area (Å²) in [4.78, 5) is 0. The van der Waals surface area contributed by atoms with E-state index in [4.69, 9.17) is 22.1 Å². The monoisotopic (exact) mass is 297 g/mol. The van der Waals surface area contributed by atoms with Gasteiger partial charge in [-0.15, -0.1) is 0 Å². The molecule has 2 rings (SSSR count). The first-order valence-electron chi connectivity index (χ1n) is 6.09. The maximum atomic E-state index is 13.7. The van der Waals surface area contributed by atoms with Gasteiger partial charge < -0.3 is 10.5 Å². The first kappa shape index (κ1) is 14.8. The molecule has 0 unspecified atom stereocenters. The van der Waals surface area contributed by atoms with Gasteiger partial charge in [-0.3, -0.25) is 0 Å². The minimum atomic E-state index is -0.454. The van der Waals surface area contributed by atoms with Crippen LogP contribution in [0.5, 0.6) is 5.75 Å². The Hall–Kier alpha value is -1.65. The number of ether oxygens (including phenoxy) is 1. The molecule has 0 aliphatic heterocycles. The Labute approximate surface area is 121 Å². The first-order valence-corrected chi connectivity index (χ1v) is 6.47. The normalized spacial score (nSPS) is 12.2. The van der Waals surface area contributed by atoms with Crippen molar-refractivity contribution in [1.29, 1.82) is 0 Å². The lowest BCUT2D eigenvalue weighted by Crippen LogP contribution is -2.07. The van der Waals surface area contributed by atoms with Crippen molar-refractivity contribution in [1.82, 2.24) is 0 Å². The Morgan fingerprint density at radius 3 is 2.50 bits per heavy atom. The van der Waals surface area contributed by atoms with Crippen LogP contribution >= 0.6 is 11.6 Å². The zero-order valence-electron chi connectivity index (χ0n) is 10.9. The highest BCUT2D eigenvalue weighted by molar-refractivity contribution is 6.30. The molecule has 0 spiro atoms. The van der Waals surface area contributed by atoms with Crippen molar-refractivity contribution in [2.75, 3.05) is 0 Å². The second-order valence-electron chi connectivity index (χ2n) is 4.50. The summed E-state index contributed by atoms with van der Waals surface area (Å²) in [5, 5.41) is 0.318. The van der Waals surface area contributed by atoms with Gasteiger partial charge in [-0.05, 0) is 25.1 Å². The number of halogens is 3. The van der Waals surface area contributed by atoms with Crippen molar-refractivity contribution in [3.05, 3.63) is 64.2 Å². The third kappa shape index (κ3) is 3.46. The fourth-order valence-corrected chi connectivity index (χ4v) is 1.93. The summed E-state index contributed by atoms with van der Waals surface area (Å²) in [5.41, 5.74) is 6.39. The van der Waals surface area contributed by atoms with E-state index in [0.29, 0.717) is 21.9 Å². The SMILES string of the molecule is C[C@H](N)c1ccc(OCc2ccc(Cl)cc2F)cc1F. The lowest BCUT2D eigenvalue weighted by atomic mass is 10.1. The molecule has 0 bridgehead atoms. The van der Waals surface area contributed by atoms with Crippen LogP contribution in [0, 0.1) is 11.6 Å². The Morgan fingerprint density at radius 2 is 1.90 bits per heavy atom. The van der Waals surface area contributed by atoms with Crippen LogP contribution in [-0.4, -0.2) is 0 Å². The fraction of sp³-hybridized carbons (Fsp3) is 0.200. The zero-order valence-corrected chi connectivity index (χ0v) is 11.6.